The lowest BCUT2D eigenvalue weighted by Gasteiger charge is -2.56. The van der Waals surface area contributed by atoms with Crippen molar-refractivity contribution in [3.63, 3.8) is 0 Å². The molecule has 2 fully saturated rings. The highest BCUT2D eigenvalue weighted by atomic mass is 127. The largest absolute Gasteiger partial charge is 0.313 e. The van der Waals surface area contributed by atoms with Gasteiger partial charge in [-0.25, -0.2) is 3.11 Å². The molecule has 0 aromatic carbocycles. The van der Waals surface area contributed by atoms with Crippen molar-refractivity contribution in [2.45, 2.75) is 25.4 Å². The van der Waals surface area contributed by atoms with Crippen LogP contribution in [-0.2, 0) is 0 Å². The highest BCUT2D eigenvalue weighted by molar-refractivity contribution is 14.1. The number of nitrogens with zero attached hydrogens (tertiary/aromatic N) is 2. The van der Waals surface area contributed by atoms with E-state index in [0.717, 1.165) is 0 Å². The van der Waals surface area contributed by atoms with Gasteiger partial charge in [0.2, 0.25) is 0 Å². The molecule has 0 atom stereocenters. The summed E-state index contributed by atoms with van der Waals surface area (Å²) in [7, 11) is 0. The summed E-state index contributed by atoms with van der Waals surface area (Å²) in [5.74, 6) is 0. The smallest absolute Gasteiger partial charge is 0.0596 e. The van der Waals surface area contributed by atoms with Crippen LogP contribution in [0.15, 0.2) is 0 Å². The zero-order valence-electron chi connectivity index (χ0n) is 8.39. The molecule has 2 aliphatic rings. The van der Waals surface area contributed by atoms with Crippen LogP contribution in [0.25, 0.3) is 0 Å². The van der Waals surface area contributed by atoms with Crippen LogP contribution in [0.3, 0.4) is 0 Å². The number of hydrogen-bond donors (Lipinski definition) is 1. The molecule has 0 amide bonds. The molecule has 0 aromatic heterocycles. The van der Waals surface area contributed by atoms with Crippen molar-refractivity contribution in [1.82, 2.24) is 13.3 Å². The number of rotatable bonds is 1. The van der Waals surface area contributed by atoms with E-state index in [1.807, 2.05) is 0 Å². The van der Waals surface area contributed by atoms with Crippen molar-refractivity contribution in [2.24, 2.45) is 0 Å². The highest BCUT2D eigenvalue weighted by Crippen LogP contribution is 2.29. The topological polar surface area (TPSA) is 18.5 Å². The fraction of sp³-hybridized carbons (Fsp3) is 1.00. The first-order chi connectivity index (χ1) is 6.14. The van der Waals surface area contributed by atoms with E-state index in [1.165, 1.54) is 32.7 Å². The minimum absolute atomic E-state index is 0.452. The van der Waals surface area contributed by atoms with Crippen molar-refractivity contribution in [3.05, 3.63) is 0 Å². The molecule has 2 aliphatic heterocycles. The Labute approximate surface area is 94.3 Å². The van der Waals surface area contributed by atoms with Crippen LogP contribution in [0.4, 0.5) is 0 Å². The van der Waals surface area contributed by atoms with Gasteiger partial charge in [0.1, 0.15) is 0 Å². The van der Waals surface area contributed by atoms with E-state index in [0.29, 0.717) is 11.6 Å². The van der Waals surface area contributed by atoms with E-state index in [2.05, 4.69) is 50.0 Å². The molecule has 0 unspecified atom stereocenters. The van der Waals surface area contributed by atoms with Gasteiger partial charge in [-0.1, -0.05) is 0 Å². The van der Waals surface area contributed by atoms with E-state index in [-0.39, 0.29) is 0 Å². The molecule has 4 heteroatoms. The first-order valence-corrected chi connectivity index (χ1v) is 5.99. The van der Waals surface area contributed by atoms with Crippen molar-refractivity contribution in [1.29, 1.82) is 0 Å². The molecule has 0 radical (unpaired) electrons. The van der Waals surface area contributed by atoms with Gasteiger partial charge in [-0.05, 0) is 13.8 Å². The standard InChI is InChI=1S/C9H18IN3/c1-8(2)13-4-3-12(10)7-9(13)5-11-6-9/h8,11H,3-7H2,1-2H3. The SMILES string of the molecule is CC(C)N1CCN(I)CC12CNC2. The molecule has 2 rings (SSSR count). The minimum Gasteiger partial charge on any atom is -0.313 e. The molecule has 0 aromatic rings. The van der Waals surface area contributed by atoms with E-state index in [4.69, 9.17) is 0 Å². The molecule has 76 valence electrons. The first kappa shape index (κ1) is 10.1. The third-order valence-corrected chi connectivity index (χ3v) is 4.01. The third kappa shape index (κ3) is 1.73. The fourth-order valence-corrected chi connectivity index (χ4v) is 3.33. The average Bonchev–Trinajstić information content (AvgIpc) is 2.00. The van der Waals surface area contributed by atoms with Crippen molar-refractivity contribution in [2.75, 3.05) is 32.7 Å². The number of nitrogens with one attached hydrogen (secondary N) is 1. The zero-order valence-corrected chi connectivity index (χ0v) is 10.5. The molecule has 3 nitrogen and oxygen atoms in total. The first-order valence-electron chi connectivity index (χ1n) is 5.02. The average molecular weight is 295 g/mol. The predicted molar refractivity (Wildman–Crippen MR) is 63.0 cm³/mol. The van der Waals surface area contributed by atoms with Crippen LogP contribution in [0.1, 0.15) is 13.8 Å². The van der Waals surface area contributed by atoms with Crippen LogP contribution in [0, 0.1) is 0 Å². The van der Waals surface area contributed by atoms with Gasteiger partial charge in [0.05, 0.1) is 5.54 Å². The summed E-state index contributed by atoms with van der Waals surface area (Å²) in [6.07, 6.45) is 0. The summed E-state index contributed by atoms with van der Waals surface area (Å²) in [6, 6.07) is 0.687. The summed E-state index contributed by atoms with van der Waals surface area (Å²) < 4.78 is 2.43. The van der Waals surface area contributed by atoms with Crippen LogP contribution in [0.5, 0.6) is 0 Å². The van der Waals surface area contributed by atoms with E-state index in [1.54, 1.807) is 0 Å². The van der Waals surface area contributed by atoms with E-state index in [9.17, 15) is 0 Å². The predicted octanol–water partition coefficient (Wildman–Crippen LogP) is 0.704. The second-order valence-electron chi connectivity index (χ2n) is 4.46. The molecule has 13 heavy (non-hydrogen) atoms. The lowest BCUT2D eigenvalue weighted by molar-refractivity contribution is -0.0249. The van der Waals surface area contributed by atoms with Crippen molar-refractivity contribution in [3.8, 4) is 0 Å². The molecule has 0 aliphatic carbocycles. The maximum absolute atomic E-state index is 3.41. The number of halogens is 1. The Balaban J connectivity index is 2.08. The summed E-state index contributed by atoms with van der Waals surface area (Å²) in [5, 5.41) is 3.41. The molecule has 2 saturated heterocycles. The number of hydrogen-bond acceptors (Lipinski definition) is 3. The Morgan fingerprint density at radius 1 is 1.31 bits per heavy atom. The minimum atomic E-state index is 0.452. The van der Waals surface area contributed by atoms with Gasteiger partial charge in [-0.2, -0.15) is 0 Å². The Hall–Kier alpha value is 0.610. The van der Waals surface area contributed by atoms with Gasteiger partial charge in [0.25, 0.3) is 0 Å². The summed E-state index contributed by atoms with van der Waals surface area (Å²) >= 11 is 2.45. The van der Waals surface area contributed by atoms with Gasteiger partial charge in [0, 0.05) is 61.6 Å². The van der Waals surface area contributed by atoms with Gasteiger partial charge >= 0.3 is 0 Å². The van der Waals surface area contributed by atoms with Crippen LogP contribution in [0.2, 0.25) is 0 Å². The molecule has 0 bridgehead atoms. The quantitative estimate of drug-likeness (QED) is 0.568. The van der Waals surface area contributed by atoms with Crippen LogP contribution < -0.4 is 5.32 Å². The van der Waals surface area contributed by atoms with E-state index < -0.39 is 0 Å². The van der Waals surface area contributed by atoms with Crippen LogP contribution >= 0.6 is 22.9 Å². The third-order valence-electron chi connectivity index (χ3n) is 3.19. The molecule has 0 saturated carbocycles. The lowest BCUT2D eigenvalue weighted by atomic mass is 9.87. The summed E-state index contributed by atoms with van der Waals surface area (Å²) in [5.41, 5.74) is 0.452. The van der Waals surface area contributed by atoms with Crippen molar-refractivity contribution < 1.29 is 0 Å². The Morgan fingerprint density at radius 2 is 2.00 bits per heavy atom. The van der Waals surface area contributed by atoms with Crippen LogP contribution in [-0.4, -0.2) is 52.3 Å². The Kier molecular flexibility index (Phi) is 2.84. The highest BCUT2D eigenvalue weighted by Gasteiger charge is 2.46. The van der Waals surface area contributed by atoms with Gasteiger partial charge in [0.15, 0.2) is 0 Å². The molecular formula is C9H18IN3. The van der Waals surface area contributed by atoms with Gasteiger partial charge in [-0.3, -0.25) is 4.90 Å². The molecular weight excluding hydrogens is 277 g/mol. The van der Waals surface area contributed by atoms with Gasteiger partial charge < -0.3 is 5.32 Å². The fourth-order valence-electron chi connectivity index (χ4n) is 2.48. The monoisotopic (exact) mass is 295 g/mol. The summed E-state index contributed by atoms with van der Waals surface area (Å²) in [4.78, 5) is 2.67. The molecule has 2 heterocycles. The summed E-state index contributed by atoms with van der Waals surface area (Å²) in [6.45, 7) is 10.6. The number of piperazine rings is 1. The van der Waals surface area contributed by atoms with Gasteiger partial charge in [-0.15, -0.1) is 0 Å². The normalized spacial score (nSPS) is 29.5. The Morgan fingerprint density at radius 3 is 2.46 bits per heavy atom. The Bertz CT molecular complexity index is 191. The molecule has 1 spiro atoms. The van der Waals surface area contributed by atoms with Crippen molar-refractivity contribution >= 4 is 22.9 Å². The second-order valence-corrected chi connectivity index (χ2v) is 5.82. The van der Waals surface area contributed by atoms with E-state index >= 15 is 0 Å². The lowest BCUT2D eigenvalue weighted by Crippen LogP contribution is -2.76. The molecule has 1 N–H and O–H groups in total. The maximum Gasteiger partial charge on any atom is 0.0596 e. The second kappa shape index (κ2) is 3.64. The maximum atomic E-state index is 3.41. The zero-order chi connectivity index (χ0) is 9.47.